The Kier molecular flexibility index (Phi) is 19.9. The molecule has 87 heavy (non-hydrogen) atoms. The number of ether oxygens (including phenoxy) is 1. The van der Waals surface area contributed by atoms with Gasteiger partial charge in [-0.15, -0.1) is 0 Å². The van der Waals surface area contributed by atoms with Crippen LogP contribution in [-0.4, -0.2) is 103 Å². The van der Waals surface area contributed by atoms with Crippen molar-refractivity contribution in [1.29, 1.82) is 0 Å². The molecule has 7 aromatic rings. The minimum absolute atomic E-state index is 0.342. The van der Waals surface area contributed by atoms with Gasteiger partial charge >= 0.3 is 0 Å². The Hall–Kier alpha value is -7.87. The van der Waals surface area contributed by atoms with Crippen LogP contribution in [0.5, 0.6) is 5.75 Å². The van der Waals surface area contributed by atoms with E-state index in [0.717, 1.165) is 45.0 Å². The number of hydrogen-bond acceptors (Lipinski definition) is 11. The van der Waals surface area contributed by atoms with Crippen LogP contribution in [0.4, 0.5) is 17.1 Å². The molecule has 456 valence electrons. The number of fused-ring (bicyclic) bond motifs is 1. The number of anilines is 3. The Morgan fingerprint density at radius 2 is 0.805 bits per heavy atom. The summed E-state index contributed by atoms with van der Waals surface area (Å²) in [7, 11) is 4.08. The third kappa shape index (κ3) is 16.2. The summed E-state index contributed by atoms with van der Waals surface area (Å²) in [5.74, 6) is 0.823. The number of aryl methyl sites for hydroxylation is 2. The highest BCUT2D eigenvalue weighted by Crippen LogP contribution is 2.41. The fourth-order valence-corrected chi connectivity index (χ4v) is 11.5. The molecule has 0 saturated heterocycles. The van der Waals surface area contributed by atoms with Crippen molar-refractivity contribution >= 4 is 64.4 Å². The van der Waals surface area contributed by atoms with Crippen molar-refractivity contribution in [3.8, 4) is 5.75 Å². The fourth-order valence-electron chi connectivity index (χ4n) is 11.5. The van der Waals surface area contributed by atoms with E-state index in [1.807, 2.05) is 115 Å². The van der Waals surface area contributed by atoms with Gasteiger partial charge in [0.15, 0.2) is 0 Å². The zero-order chi connectivity index (χ0) is 63.1. The van der Waals surface area contributed by atoms with E-state index in [1.54, 1.807) is 0 Å². The smallest absolute Gasteiger partial charge is 0.119 e. The number of pyridine rings is 1. The van der Waals surface area contributed by atoms with Gasteiger partial charge in [0.25, 0.3) is 0 Å². The third-order valence-electron chi connectivity index (χ3n) is 17.0. The number of rotatable bonds is 16. The summed E-state index contributed by atoms with van der Waals surface area (Å²) in [4.78, 5) is 6.82. The van der Waals surface area contributed by atoms with Crippen LogP contribution in [0.15, 0.2) is 187 Å². The highest BCUT2D eigenvalue weighted by Gasteiger charge is 2.47. The molecule has 10 rings (SSSR count). The molecule has 0 saturated carbocycles. The Morgan fingerprint density at radius 1 is 0.437 bits per heavy atom. The second-order valence-corrected chi connectivity index (χ2v) is 26.7. The zero-order valence-electron chi connectivity index (χ0n) is 54.2. The predicted molar refractivity (Wildman–Crippen MR) is 367 cm³/mol. The first-order chi connectivity index (χ1) is 40.9. The van der Waals surface area contributed by atoms with Crippen LogP contribution < -0.4 is 20.3 Å². The van der Waals surface area contributed by atoms with Gasteiger partial charge in [-0.2, -0.15) is 15.2 Å². The van der Waals surface area contributed by atoms with Crippen molar-refractivity contribution in [3.63, 3.8) is 0 Å². The average Bonchev–Trinajstić information content (AvgIpc) is 1.80. The molecule has 5 N–H and O–H groups in total. The molecular formula is C76H93N7O4. The number of hydrogen-bond donors (Lipinski definition) is 5. The monoisotopic (exact) mass is 1170 g/mol. The minimum Gasteiger partial charge on any atom is -0.489 e. The molecule has 11 heteroatoms. The molecule has 4 heterocycles. The van der Waals surface area contributed by atoms with Crippen LogP contribution in [0.3, 0.4) is 0 Å². The van der Waals surface area contributed by atoms with Gasteiger partial charge in [0.2, 0.25) is 0 Å². The standard InChI is InChI=1S/C27H31N3O.C25H32N2O2.C24H30N2O/c1-19-6-15-25-21(16-19)10-14-24(29-25)13-9-20-7-11-23(12-8-20)28-18-22-17-26(2,3)30(31)27(22,4)5;1-24(2)17-21(25(3,4)27(24)28)18-29-23-15-11-20(12-16-23)8-7-19-9-13-22(14-10-19)26(5)6;1-18-6-8-19(9-7-18)10-11-20-12-14-22(15-13-20)25-17-21-16-23(2,3)26(27)24(21,4)5/h6-17,28,31H,18H2,1-5H3;7-17,28H,18H2,1-6H3;6-16,25,27H,17H2,1-5H3/b13-9+;8-7+;11-10+. The van der Waals surface area contributed by atoms with Gasteiger partial charge in [0.1, 0.15) is 12.4 Å². The number of nitrogens with zero attached hydrogens (tertiary/aromatic N) is 5. The second-order valence-electron chi connectivity index (χ2n) is 26.7. The largest absolute Gasteiger partial charge is 0.489 e. The zero-order valence-corrected chi connectivity index (χ0v) is 54.2. The lowest BCUT2D eigenvalue weighted by Gasteiger charge is -2.36. The fraction of sp³-hybridized carbons (Fsp3) is 0.329. The van der Waals surface area contributed by atoms with Crippen LogP contribution in [0.1, 0.15) is 128 Å². The van der Waals surface area contributed by atoms with E-state index in [9.17, 15) is 15.6 Å². The molecule has 3 aliphatic heterocycles. The van der Waals surface area contributed by atoms with Gasteiger partial charge in [-0.1, -0.05) is 145 Å². The van der Waals surface area contributed by atoms with Crippen molar-refractivity contribution in [3.05, 3.63) is 231 Å². The summed E-state index contributed by atoms with van der Waals surface area (Å²) in [5, 5.41) is 43.7. The van der Waals surface area contributed by atoms with Gasteiger partial charge < -0.3 is 35.9 Å². The van der Waals surface area contributed by atoms with E-state index in [1.165, 1.54) is 65.2 Å². The molecule has 6 aromatic carbocycles. The third-order valence-corrected chi connectivity index (χ3v) is 17.0. The second kappa shape index (κ2) is 26.6. The minimum atomic E-state index is -0.436. The van der Waals surface area contributed by atoms with E-state index < -0.39 is 5.54 Å². The molecule has 0 atom stereocenters. The summed E-state index contributed by atoms with van der Waals surface area (Å²) < 4.78 is 5.99. The van der Waals surface area contributed by atoms with Crippen molar-refractivity contribution in [2.24, 2.45) is 0 Å². The molecule has 0 aliphatic carbocycles. The summed E-state index contributed by atoms with van der Waals surface area (Å²) in [6.45, 7) is 30.4. The first-order valence-corrected chi connectivity index (χ1v) is 30.2. The van der Waals surface area contributed by atoms with Gasteiger partial charge in [-0.3, -0.25) is 0 Å². The lowest BCUT2D eigenvalue weighted by Crippen LogP contribution is -2.48. The van der Waals surface area contributed by atoms with Crippen LogP contribution >= 0.6 is 0 Å². The maximum absolute atomic E-state index is 10.5. The molecule has 0 spiro atoms. The van der Waals surface area contributed by atoms with Gasteiger partial charge in [-0.25, -0.2) is 4.98 Å². The number of benzene rings is 6. The van der Waals surface area contributed by atoms with Crippen LogP contribution in [0.25, 0.3) is 47.4 Å². The first-order valence-electron chi connectivity index (χ1n) is 30.2. The summed E-state index contributed by atoms with van der Waals surface area (Å²) >= 11 is 0. The maximum atomic E-state index is 10.5. The highest BCUT2D eigenvalue weighted by atomic mass is 16.5. The molecule has 0 bridgehead atoms. The summed E-state index contributed by atoms with van der Waals surface area (Å²) in [5.41, 5.74) is 14.8. The van der Waals surface area contributed by atoms with E-state index >= 15 is 0 Å². The van der Waals surface area contributed by atoms with E-state index in [0.29, 0.717) is 19.7 Å². The van der Waals surface area contributed by atoms with Gasteiger partial charge in [0, 0.05) is 49.6 Å². The highest BCUT2D eigenvalue weighted by molar-refractivity contribution is 5.82. The molecule has 3 aliphatic rings. The van der Waals surface area contributed by atoms with E-state index in [-0.39, 0.29) is 27.7 Å². The average molecular weight is 1170 g/mol. The molecule has 0 fully saturated rings. The quantitative estimate of drug-likeness (QED) is 0.0470. The number of nitrogens with one attached hydrogen (secondary N) is 2. The Labute approximate surface area is 518 Å². The van der Waals surface area contributed by atoms with Gasteiger partial charge in [0.05, 0.1) is 44.4 Å². The van der Waals surface area contributed by atoms with Crippen LogP contribution in [0.2, 0.25) is 0 Å². The number of aromatic nitrogens is 1. The lowest BCUT2D eigenvalue weighted by molar-refractivity contribution is -0.185. The normalized spacial score (nSPS) is 18.2. The Balaban J connectivity index is 0.000000170. The van der Waals surface area contributed by atoms with Crippen molar-refractivity contribution in [2.75, 3.05) is 49.3 Å². The molecule has 11 nitrogen and oxygen atoms in total. The number of hydroxylamine groups is 6. The summed E-state index contributed by atoms with van der Waals surface area (Å²) in [6.07, 6.45) is 19.0. The Morgan fingerprint density at radius 3 is 1.21 bits per heavy atom. The van der Waals surface area contributed by atoms with Crippen LogP contribution in [0, 0.1) is 13.8 Å². The molecule has 0 radical (unpaired) electrons. The topological polar surface area (TPSA) is 120 Å². The van der Waals surface area contributed by atoms with Crippen LogP contribution in [-0.2, 0) is 0 Å². The molecule has 0 amide bonds. The lowest BCUT2D eigenvalue weighted by atomic mass is 9.96. The van der Waals surface area contributed by atoms with E-state index in [4.69, 9.17) is 9.72 Å². The SMILES string of the molecule is CN(C)c1ccc(/C=C/c2ccc(OCC3=CC(C)(C)N(O)C3(C)C)cc2)cc1.Cc1ccc(/C=C/c2ccc(NCC3=CC(C)(C)N(O)C3(C)C)cc2)cc1.Cc1ccc2nc(/C=C/c3ccc(NCC4=CC(C)(C)N(O)C4(C)C)cc3)ccc2c1. The molecule has 0 unspecified atom stereocenters. The summed E-state index contributed by atoms with van der Waals surface area (Å²) in [6, 6.07) is 52.3. The first kappa shape index (κ1) is 65.1. The van der Waals surface area contributed by atoms with Gasteiger partial charge in [-0.05, 0) is 214 Å². The van der Waals surface area contributed by atoms with E-state index in [2.05, 4.69) is 218 Å². The molecule has 1 aromatic heterocycles. The predicted octanol–water partition coefficient (Wildman–Crippen LogP) is 17.6. The molecular weight excluding hydrogens is 1070 g/mol. The van der Waals surface area contributed by atoms with Crippen molar-refractivity contribution in [2.45, 2.75) is 130 Å². The van der Waals surface area contributed by atoms with Crippen molar-refractivity contribution in [1.82, 2.24) is 20.2 Å². The Bertz CT molecular complexity index is 3660. The maximum Gasteiger partial charge on any atom is 0.119 e. The van der Waals surface area contributed by atoms with Crippen molar-refractivity contribution < 1.29 is 20.4 Å².